The second-order valence-corrected chi connectivity index (χ2v) is 9.03. The third-order valence-electron chi connectivity index (χ3n) is 5.66. The lowest BCUT2D eigenvalue weighted by molar-refractivity contribution is -0.409. The maximum atomic E-state index is 10.7. The molecular formula is C26H41N2O2+. The molecule has 30 heavy (non-hydrogen) atoms. The molecule has 0 bridgehead atoms. The number of carbonyl (C=O) groups is 1. The van der Waals surface area contributed by atoms with Crippen molar-refractivity contribution < 1.29 is 15.6 Å². The zero-order chi connectivity index (χ0) is 22.6. The van der Waals surface area contributed by atoms with Gasteiger partial charge in [0, 0.05) is 19.2 Å². The lowest BCUT2D eigenvalue weighted by Gasteiger charge is -2.32. The first-order chi connectivity index (χ1) is 14.1. The van der Waals surface area contributed by atoms with Crippen molar-refractivity contribution in [3.8, 4) is 0 Å². The standard InChI is InChI=1S/C26H40N2O2/c1-20(14-15-23-22(3)12-9-17-26(23,4)5)10-8-11-21(2)16-19-28-18-7-6-13-24(27)25(29)30/h8,10-11,14-16,19,24H,6-7,9,12-13,17-18,27H2,1-5H3,(H,29,30)/p+1/b11-8+,15-14+,20-10+,21-16+,28-19?/t24-/m0/s1. The SMILES string of the molecule is CC1=C(/C=C/C(C)=C/C=C/C(C)=C/C=NCCCC[C@H]([NH3+])C(=O)O)C(C)(C)CCC1. The van der Waals surface area contributed by atoms with Gasteiger partial charge in [0.2, 0.25) is 0 Å². The van der Waals surface area contributed by atoms with Gasteiger partial charge in [0.15, 0.2) is 6.04 Å². The summed E-state index contributed by atoms with van der Waals surface area (Å²) in [5.41, 5.74) is 9.28. The number of hydrogen-bond acceptors (Lipinski definition) is 2. The first kappa shape index (κ1) is 25.8. The molecule has 1 rings (SSSR count). The average molecular weight is 414 g/mol. The maximum Gasteiger partial charge on any atom is 0.362 e. The Morgan fingerprint density at radius 2 is 1.90 bits per heavy atom. The molecular weight excluding hydrogens is 372 g/mol. The Morgan fingerprint density at radius 3 is 2.57 bits per heavy atom. The van der Waals surface area contributed by atoms with Gasteiger partial charge in [-0.25, -0.2) is 4.79 Å². The lowest BCUT2D eigenvalue weighted by atomic mass is 9.72. The Bertz CT molecular complexity index is 749. The van der Waals surface area contributed by atoms with Gasteiger partial charge in [0.25, 0.3) is 0 Å². The molecule has 0 fully saturated rings. The highest BCUT2D eigenvalue weighted by Crippen LogP contribution is 2.40. The molecule has 166 valence electrons. The summed E-state index contributed by atoms with van der Waals surface area (Å²) in [5.74, 6) is -0.825. The molecule has 4 N–H and O–H groups in total. The third-order valence-corrected chi connectivity index (χ3v) is 5.66. The summed E-state index contributed by atoms with van der Waals surface area (Å²) in [5, 5.41) is 8.79. The quantitative estimate of drug-likeness (QED) is 0.268. The number of carboxylic acids is 1. The number of quaternary nitrogens is 1. The average Bonchev–Trinajstić information content (AvgIpc) is 2.66. The van der Waals surface area contributed by atoms with Crippen LogP contribution in [0, 0.1) is 5.41 Å². The second kappa shape index (κ2) is 13.2. The third kappa shape index (κ3) is 10.0. The van der Waals surface area contributed by atoms with E-state index in [1.54, 1.807) is 0 Å². The summed E-state index contributed by atoms with van der Waals surface area (Å²) in [7, 11) is 0. The molecule has 0 saturated heterocycles. The summed E-state index contributed by atoms with van der Waals surface area (Å²) in [6.07, 6.45) is 20.7. The minimum absolute atomic E-state index is 0.277. The Kier molecular flexibility index (Phi) is 11.3. The molecule has 0 unspecified atom stereocenters. The molecule has 0 amide bonds. The number of aliphatic carboxylic acids is 1. The van der Waals surface area contributed by atoms with E-state index < -0.39 is 12.0 Å². The molecule has 0 aromatic heterocycles. The second-order valence-electron chi connectivity index (χ2n) is 9.03. The normalized spacial score (nSPS) is 19.4. The van der Waals surface area contributed by atoms with Crippen LogP contribution in [0.1, 0.15) is 73.1 Å². The Balaban J connectivity index is 2.45. The first-order valence-corrected chi connectivity index (χ1v) is 11.1. The van der Waals surface area contributed by atoms with Crippen LogP contribution in [0.5, 0.6) is 0 Å². The van der Waals surface area contributed by atoms with Crippen molar-refractivity contribution in [1.82, 2.24) is 0 Å². The van der Waals surface area contributed by atoms with Gasteiger partial charge in [-0.15, -0.1) is 0 Å². The van der Waals surface area contributed by atoms with E-state index >= 15 is 0 Å². The molecule has 0 aromatic rings. The molecule has 4 nitrogen and oxygen atoms in total. The molecule has 0 heterocycles. The monoisotopic (exact) mass is 413 g/mol. The fourth-order valence-electron chi connectivity index (χ4n) is 3.65. The Labute approximate surface area is 183 Å². The Morgan fingerprint density at radius 1 is 1.20 bits per heavy atom. The highest BCUT2D eigenvalue weighted by molar-refractivity contribution is 5.72. The number of carboxylic acid groups (broad SMARTS) is 1. The van der Waals surface area contributed by atoms with Gasteiger partial charge in [0.05, 0.1) is 0 Å². The molecule has 4 heteroatoms. The summed E-state index contributed by atoms with van der Waals surface area (Å²) in [6.45, 7) is 11.9. The number of unbranched alkanes of at least 4 members (excludes halogenated alkanes) is 1. The Hall–Kier alpha value is -2.20. The van der Waals surface area contributed by atoms with E-state index in [9.17, 15) is 4.79 Å². The van der Waals surface area contributed by atoms with E-state index in [-0.39, 0.29) is 5.41 Å². The van der Waals surface area contributed by atoms with Crippen LogP contribution in [-0.4, -0.2) is 29.9 Å². The van der Waals surface area contributed by atoms with Gasteiger partial charge in [0.1, 0.15) is 0 Å². The molecule has 0 radical (unpaired) electrons. The molecule has 0 aliphatic heterocycles. The number of aliphatic imine (C=N–C) groups is 1. The van der Waals surface area contributed by atoms with Gasteiger partial charge in [-0.05, 0) is 75.5 Å². The van der Waals surface area contributed by atoms with E-state index in [0.29, 0.717) is 6.42 Å². The first-order valence-electron chi connectivity index (χ1n) is 11.1. The fraction of sp³-hybridized carbons (Fsp3) is 0.538. The van der Waals surface area contributed by atoms with Gasteiger partial charge in [-0.3, -0.25) is 4.99 Å². The fourth-order valence-corrected chi connectivity index (χ4v) is 3.65. The minimum Gasteiger partial charge on any atom is -0.477 e. The zero-order valence-electron chi connectivity index (χ0n) is 19.6. The van der Waals surface area contributed by atoms with Crippen LogP contribution in [0.4, 0.5) is 0 Å². The van der Waals surface area contributed by atoms with Crippen molar-refractivity contribution in [2.45, 2.75) is 79.2 Å². The van der Waals surface area contributed by atoms with E-state index in [4.69, 9.17) is 5.11 Å². The number of allylic oxidation sites excluding steroid dienone is 10. The van der Waals surface area contributed by atoms with Crippen LogP contribution < -0.4 is 5.73 Å². The van der Waals surface area contributed by atoms with Crippen molar-refractivity contribution in [2.75, 3.05) is 6.54 Å². The van der Waals surface area contributed by atoms with Gasteiger partial charge in [-0.1, -0.05) is 55.4 Å². The van der Waals surface area contributed by atoms with Gasteiger partial charge in [-0.2, -0.15) is 0 Å². The van der Waals surface area contributed by atoms with Crippen molar-refractivity contribution >= 4 is 12.2 Å². The van der Waals surface area contributed by atoms with E-state index in [1.165, 1.54) is 36.0 Å². The predicted molar refractivity (Wildman–Crippen MR) is 128 cm³/mol. The minimum atomic E-state index is -0.825. The van der Waals surface area contributed by atoms with Crippen molar-refractivity contribution in [3.63, 3.8) is 0 Å². The number of rotatable bonds is 11. The molecule has 0 aromatic carbocycles. The van der Waals surface area contributed by atoms with E-state index in [1.807, 2.05) is 12.3 Å². The van der Waals surface area contributed by atoms with E-state index in [2.05, 4.69) is 75.7 Å². The predicted octanol–water partition coefficient (Wildman–Crippen LogP) is 5.45. The maximum absolute atomic E-state index is 10.7. The molecule has 1 aliphatic carbocycles. The largest absolute Gasteiger partial charge is 0.477 e. The highest BCUT2D eigenvalue weighted by Gasteiger charge is 2.26. The van der Waals surface area contributed by atoms with Crippen molar-refractivity contribution in [3.05, 3.63) is 58.7 Å². The van der Waals surface area contributed by atoms with Gasteiger partial charge < -0.3 is 10.8 Å². The van der Waals surface area contributed by atoms with Crippen LogP contribution in [0.15, 0.2) is 63.7 Å². The summed E-state index contributed by atoms with van der Waals surface area (Å²) in [4.78, 5) is 15.1. The zero-order valence-corrected chi connectivity index (χ0v) is 19.6. The van der Waals surface area contributed by atoms with Crippen LogP contribution in [-0.2, 0) is 4.79 Å². The lowest BCUT2D eigenvalue weighted by Crippen LogP contribution is -2.64. The van der Waals surface area contributed by atoms with Crippen LogP contribution in [0.2, 0.25) is 0 Å². The summed E-state index contributed by atoms with van der Waals surface area (Å²) < 4.78 is 0. The topological polar surface area (TPSA) is 77.3 Å². The van der Waals surface area contributed by atoms with Crippen molar-refractivity contribution in [2.24, 2.45) is 10.4 Å². The molecule has 1 aliphatic rings. The van der Waals surface area contributed by atoms with Crippen molar-refractivity contribution in [1.29, 1.82) is 0 Å². The highest BCUT2D eigenvalue weighted by atomic mass is 16.4. The van der Waals surface area contributed by atoms with Crippen LogP contribution in [0.3, 0.4) is 0 Å². The number of nitrogens with zero attached hydrogens (tertiary/aromatic N) is 1. The van der Waals surface area contributed by atoms with Crippen LogP contribution in [0.25, 0.3) is 0 Å². The molecule has 1 atom stereocenters. The number of hydrogen-bond donors (Lipinski definition) is 2. The van der Waals surface area contributed by atoms with Gasteiger partial charge >= 0.3 is 5.97 Å². The van der Waals surface area contributed by atoms with Crippen LogP contribution >= 0.6 is 0 Å². The van der Waals surface area contributed by atoms with E-state index in [0.717, 1.165) is 25.0 Å². The summed E-state index contributed by atoms with van der Waals surface area (Å²) in [6, 6.07) is -0.512. The molecule has 0 saturated carbocycles. The molecule has 0 spiro atoms. The summed E-state index contributed by atoms with van der Waals surface area (Å²) >= 11 is 0. The smallest absolute Gasteiger partial charge is 0.362 e.